The van der Waals surface area contributed by atoms with Crippen molar-refractivity contribution in [3.05, 3.63) is 40.6 Å². The SMILES string of the molecule is Cc1ccc(CNC(=O)c2nn(C)c3c2C[C@H](N2CCCCC2)CC3)o1. The van der Waals surface area contributed by atoms with Crippen LogP contribution in [0.15, 0.2) is 16.5 Å². The molecular weight excluding hydrogens is 328 g/mol. The highest BCUT2D eigenvalue weighted by molar-refractivity contribution is 5.94. The molecule has 2 aromatic heterocycles. The molecule has 26 heavy (non-hydrogen) atoms. The van der Waals surface area contributed by atoms with Crippen LogP contribution >= 0.6 is 0 Å². The average molecular weight is 356 g/mol. The summed E-state index contributed by atoms with van der Waals surface area (Å²) in [5.41, 5.74) is 2.95. The second kappa shape index (κ2) is 7.27. The lowest BCUT2D eigenvalue weighted by molar-refractivity contribution is 0.0940. The van der Waals surface area contributed by atoms with Crippen molar-refractivity contribution in [3.63, 3.8) is 0 Å². The first kappa shape index (κ1) is 17.3. The van der Waals surface area contributed by atoms with Gasteiger partial charge in [-0.25, -0.2) is 0 Å². The van der Waals surface area contributed by atoms with Crippen LogP contribution in [0.5, 0.6) is 0 Å². The first-order valence-corrected chi connectivity index (χ1v) is 9.74. The van der Waals surface area contributed by atoms with Crippen molar-refractivity contribution in [2.75, 3.05) is 13.1 Å². The highest BCUT2D eigenvalue weighted by atomic mass is 16.3. The fraction of sp³-hybridized carbons (Fsp3) is 0.600. The average Bonchev–Trinajstić information content (AvgIpc) is 3.23. The predicted octanol–water partition coefficient (Wildman–Crippen LogP) is 2.59. The van der Waals surface area contributed by atoms with Crippen LogP contribution in [0.3, 0.4) is 0 Å². The molecule has 1 atom stereocenters. The highest BCUT2D eigenvalue weighted by Crippen LogP contribution is 2.28. The van der Waals surface area contributed by atoms with Gasteiger partial charge in [0.1, 0.15) is 11.5 Å². The van der Waals surface area contributed by atoms with Gasteiger partial charge in [0, 0.05) is 24.3 Å². The lowest BCUT2D eigenvalue weighted by Crippen LogP contribution is -2.42. The van der Waals surface area contributed by atoms with Gasteiger partial charge >= 0.3 is 0 Å². The number of nitrogens with one attached hydrogen (secondary N) is 1. The number of piperidine rings is 1. The van der Waals surface area contributed by atoms with Gasteiger partial charge in [0.15, 0.2) is 5.69 Å². The molecule has 1 aliphatic carbocycles. The summed E-state index contributed by atoms with van der Waals surface area (Å²) in [7, 11) is 1.95. The number of carbonyl (C=O) groups is 1. The number of fused-ring (bicyclic) bond motifs is 1. The number of amides is 1. The number of aryl methyl sites for hydroxylation is 2. The van der Waals surface area contributed by atoms with Crippen LogP contribution in [0.1, 0.15) is 58.9 Å². The summed E-state index contributed by atoms with van der Waals surface area (Å²) < 4.78 is 7.43. The van der Waals surface area contributed by atoms with Crippen molar-refractivity contribution < 1.29 is 9.21 Å². The summed E-state index contributed by atoms with van der Waals surface area (Å²) >= 11 is 0. The standard InChI is InChI=1S/C20H28N4O2/c1-14-6-8-16(26-14)13-21-20(25)19-17-12-15(24-10-4-3-5-11-24)7-9-18(17)23(2)22-19/h6,8,15H,3-5,7,9-13H2,1-2H3,(H,21,25)/t15-/m1/s1. The minimum Gasteiger partial charge on any atom is -0.465 e. The normalized spacial score (nSPS) is 20.8. The van der Waals surface area contributed by atoms with Crippen molar-refractivity contribution in [3.8, 4) is 0 Å². The van der Waals surface area contributed by atoms with Crippen LogP contribution in [0.2, 0.25) is 0 Å². The Hall–Kier alpha value is -2.08. The molecule has 1 saturated heterocycles. The van der Waals surface area contributed by atoms with Gasteiger partial charge in [-0.1, -0.05) is 6.42 Å². The molecule has 1 N–H and O–H groups in total. The number of aromatic nitrogens is 2. The number of likely N-dealkylation sites (tertiary alicyclic amines) is 1. The number of nitrogens with zero attached hydrogens (tertiary/aromatic N) is 3. The van der Waals surface area contributed by atoms with E-state index in [1.54, 1.807) is 0 Å². The van der Waals surface area contributed by atoms with E-state index in [1.807, 2.05) is 30.8 Å². The fourth-order valence-corrected chi connectivity index (χ4v) is 4.38. The largest absolute Gasteiger partial charge is 0.465 e. The molecule has 0 bridgehead atoms. The number of hydrogen-bond donors (Lipinski definition) is 1. The first-order chi connectivity index (χ1) is 12.6. The van der Waals surface area contributed by atoms with Gasteiger partial charge in [0.05, 0.1) is 6.54 Å². The third kappa shape index (κ3) is 3.43. The van der Waals surface area contributed by atoms with E-state index < -0.39 is 0 Å². The molecule has 1 aliphatic heterocycles. The van der Waals surface area contributed by atoms with Gasteiger partial charge in [-0.3, -0.25) is 9.48 Å². The lowest BCUT2D eigenvalue weighted by Gasteiger charge is -2.36. The highest BCUT2D eigenvalue weighted by Gasteiger charge is 2.31. The van der Waals surface area contributed by atoms with Crippen molar-refractivity contribution in [2.24, 2.45) is 7.05 Å². The zero-order chi connectivity index (χ0) is 18.1. The quantitative estimate of drug-likeness (QED) is 0.915. The molecule has 6 heteroatoms. The summed E-state index contributed by atoms with van der Waals surface area (Å²) in [6.45, 7) is 4.69. The smallest absolute Gasteiger partial charge is 0.272 e. The van der Waals surface area contributed by atoms with Gasteiger partial charge in [-0.05, 0) is 64.3 Å². The van der Waals surface area contributed by atoms with Crippen molar-refractivity contribution in [1.29, 1.82) is 0 Å². The maximum Gasteiger partial charge on any atom is 0.272 e. The lowest BCUT2D eigenvalue weighted by atomic mass is 9.89. The molecule has 2 aliphatic rings. The molecule has 0 aromatic carbocycles. The molecule has 1 fully saturated rings. The molecule has 4 rings (SSSR count). The summed E-state index contributed by atoms with van der Waals surface area (Å²) in [4.78, 5) is 15.4. The van der Waals surface area contributed by atoms with Crippen molar-refractivity contribution in [2.45, 2.75) is 58.0 Å². The van der Waals surface area contributed by atoms with Crippen LogP contribution in [-0.4, -0.2) is 39.7 Å². The Bertz CT molecular complexity index is 786. The predicted molar refractivity (Wildman–Crippen MR) is 99.1 cm³/mol. The van der Waals surface area contributed by atoms with Crippen molar-refractivity contribution >= 4 is 5.91 Å². The van der Waals surface area contributed by atoms with E-state index in [-0.39, 0.29) is 5.91 Å². The number of carbonyl (C=O) groups excluding carboxylic acids is 1. The minimum atomic E-state index is -0.102. The minimum absolute atomic E-state index is 0.102. The molecule has 2 aromatic rings. The van der Waals surface area contributed by atoms with Gasteiger partial charge in [-0.2, -0.15) is 5.10 Å². The summed E-state index contributed by atoms with van der Waals surface area (Å²) in [5.74, 6) is 1.52. The number of hydrogen-bond acceptors (Lipinski definition) is 4. The summed E-state index contributed by atoms with van der Waals surface area (Å²) in [5, 5.41) is 7.51. The third-order valence-corrected chi connectivity index (χ3v) is 5.77. The van der Waals surface area contributed by atoms with Gasteiger partial charge in [0.25, 0.3) is 5.91 Å². The van der Waals surface area contributed by atoms with Crippen LogP contribution in [0.4, 0.5) is 0 Å². The first-order valence-electron chi connectivity index (χ1n) is 9.74. The van der Waals surface area contributed by atoms with E-state index in [4.69, 9.17) is 4.42 Å². The second-order valence-electron chi connectivity index (χ2n) is 7.59. The van der Waals surface area contributed by atoms with Crippen LogP contribution < -0.4 is 5.32 Å². The molecule has 0 unspecified atom stereocenters. The van der Waals surface area contributed by atoms with E-state index in [1.165, 1.54) is 44.5 Å². The maximum absolute atomic E-state index is 12.8. The Morgan fingerprint density at radius 1 is 1.31 bits per heavy atom. The van der Waals surface area contributed by atoms with E-state index in [0.717, 1.165) is 29.9 Å². The molecule has 3 heterocycles. The zero-order valence-corrected chi connectivity index (χ0v) is 15.8. The fourth-order valence-electron chi connectivity index (χ4n) is 4.38. The van der Waals surface area contributed by atoms with E-state index in [2.05, 4.69) is 15.3 Å². The molecule has 0 spiro atoms. The van der Waals surface area contributed by atoms with Gasteiger partial charge in [0.2, 0.25) is 0 Å². The Morgan fingerprint density at radius 2 is 2.12 bits per heavy atom. The van der Waals surface area contributed by atoms with Crippen LogP contribution in [-0.2, 0) is 26.4 Å². The summed E-state index contributed by atoms with van der Waals surface area (Å²) in [6, 6.07) is 4.36. The molecule has 0 radical (unpaired) electrons. The van der Waals surface area contributed by atoms with Crippen LogP contribution in [0, 0.1) is 6.92 Å². The van der Waals surface area contributed by atoms with Gasteiger partial charge < -0.3 is 14.6 Å². The molecule has 0 saturated carbocycles. The Balaban J connectivity index is 1.48. The number of furan rings is 1. The van der Waals surface area contributed by atoms with Crippen LogP contribution in [0.25, 0.3) is 0 Å². The Kier molecular flexibility index (Phi) is 4.85. The molecular formula is C20H28N4O2. The topological polar surface area (TPSA) is 63.3 Å². The summed E-state index contributed by atoms with van der Waals surface area (Å²) in [6.07, 6.45) is 7.05. The second-order valence-corrected chi connectivity index (χ2v) is 7.59. The Morgan fingerprint density at radius 3 is 2.85 bits per heavy atom. The van der Waals surface area contributed by atoms with Crippen molar-refractivity contribution in [1.82, 2.24) is 20.0 Å². The monoisotopic (exact) mass is 356 g/mol. The molecule has 140 valence electrons. The van der Waals surface area contributed by atoms with Gasteiger partial charge in [-0.15, -0.1) is 0 Å². The van der Waals surface area contributed by atoms with E-state index in [9.17, 15) is 4.79 Å². The van der Waals surface area contributed by atoms with E-state index >= 15 is 0 Å². The number of rotatable bonds is 4. The zero-order valence-electron chi connectivity index (χ0n) is 15.8. The van der Waals surface area contributed by atoms with E-state index in [0.29, 0.717) is 18.3 Å². The molecule has 6 nitrogen and oxygen atoms in total. The maximum atomic E-state index is 12.8. The third-order valence-electron chi connectivity index (χ3n) is 5.77. The molecule has 1 amide bonds. The Labute approximate surface area is 154 Å².